The molecule has 1 saturated heterocycles. The fourth-order valence-electron chi connectivity index (χ4n) is 2.72. The van der Waals surface area contributed by atoms with E-state index in [1.807, 2.05) is 47.4 Å². The molecule has 0 saturated carbocycles. The summed E-state index contributed by atoms with van der Waals surface area (Å²) in [4.78, 5) is 16.7. The van der Waals surface area contributed by atoms with Crippen molar-refractivity contribution in [1.82, 2.24) is 4.90 Å². The van der Waals surface area contributed by atoms with E-state index in [2.05, 4.69) is 17.0 Å². The minimum atomic E-state index is 0. The van der Waals surface area contributed by atoms with Gasteiger partial charge < -0.3 is 14.5 Å². The second-order valence-corrected chi connectivity index (χ2v) is 5.34. The van der Waals surface area contributed by atoms with Crippen molar-refractivity contribution in [1.29, 1.82) is 0 Å². The predicted molar refractivity (Wildman–Crippen MR) is 94.8 cm³/mol. The number of carbonyl (C=O) groups is 1. The third kappa shape index (κ3) is 3.96. The molecule has 1 aliphatic heterocycles. The van der Waals surface area contributed by atoms with E-state index < -0.39 is 0 Å². The van der Waals surface area contributed by atoms with Gasteiger partial charge in [0.1, 0.15) is 5.75 Å². The van der Waals surface area contributed by atoms with Gasteiger partial charge in [-0.1, -0.05) is 18.2 Å². The van der Waals surface area contributed by atoms with Crippen LogP contribution in [0.1, 0.15) is 10.4 Å². The minimum absolute atomic E-state index is 0. The number of methoxy groups -OCH3 is 1. The molecule has 23 heavy (non-hydrogen) atoms. The third-order valence-corrected chi connectivity index (χ3v) is 4.03. The summed E-state index contributed by atoms with van der Waals surface area (Å²) in [5.74, 6) is 0.862. The summed E-state index contributed by atoms with van der Waals surface area (Å²) in [5.41, 5.74) is 1.94. The lowest BCUT2D eigenvalue weighted by atomic mass is 10.1. The number of amides is 1. The molecule has 0 bridgehead atoms. The fraction of sp³-hybridized carbons (Fsp3) is 0.278. The number of para-hydroxylation sites is 1. The van der Waals surface area contributed by atoms with Crippen molar-refractivity contribution in [3.05, 3.63) is 60.2 Å². The van der Waals surface area contributed by atoms with E-state index in [0.717, 1.165) is 31.9 Å². The van der Waals surface area contributed by atoms with E-state index in [9.17, 15) is 4.79 Å². The molecule has 1 fully saturated rings. The monoisotopic (exact) mass is 332 g/mol. The van der Waals surface area contributed by atoms with Gasteiger partial charge in [-0.05, 0) is 36.4 Å². The molecule has 1 amide bonds. The summed E-state index contributed by atoms with van der Waals surface area (Å²) in [6.45, 7) is 3.23. The van der Waals surface area contributed by atoms with Crippen molar-refractivity contribution in [2.24, 2.45) is 0 Å². The Balaban J connectivity index is 0.00000192. The summed E-state index contributed by atoms with van der Waals surface area (Å²) in [5, 5.41) is 0. The fourth-order valence-corrected chi connectivity index (χ4v) is 2.72. The second-order valence-electron chi connectivity index (χ2n) is 5.34. The van der Waals surface area contributed by atoms with Gasteiger partial charge in [-0.2, -0.15) is 0 Å². The van der Waals surface area contributed by atoms with Gasteiger partial charge in [-0.15, -0.1) is 12.4 Å². The van der Waals surface area contributed by atoms with E-state index in [1.54, 1.807) is 7.11 Å². The number of hydrogen-bond acceptors (Lipinski definition) is 3. The van der Waals surface area contributed by atoms with Crippen LogP contribution in [0.15, 0.2) is 54.6 Å². The Morgan fingerprint density at radius 3 is 2.09 bits per heavy atom. The highest BCUT2D eigenvalue weighted by Crippen LogP contribution is 2.18. The molecule has 1 aliphatic rings. The number of ether oxygens (including phenoxy) is 1. The number of nitrogens with zero attached hydrogens (tertiary/aromatic N) is 2. The van der Waals surface area contributed by atoms with E-state index in [1.165, 1.54) is 5.69 Å². The maximum Gasteiger partial charge on any atom is 0.253 e. The molecule has 0 atom stereocenters. The van der Waals surface area contributed by atoms with Gasteiger partial charge in [0.2, 0.25) is 0 Å². The first-order valence-corrected chi connectivity index (χ1v) is 7.51. The Labute approximate surface area is 143 Å². The first-order chi connectivity index (χ1) is 10.8. The van der Waals surface area contributed by atoms with Gasteiger partial charge in [0.05, 0.1) is 7.11 Å². The SMILES string of the molecule is COc1ccc(C(=O)N2CCN(c3ccccc3)CC2)cc1.Cl. The van der Waals surface area contributed by atoms with Gasteiger partial charge in [-0.25, -0.2) is 0 Å². The minimum Gasteiger partial charge on any atom is -0.497 e. The number of carbonyl (C=O) groups excluding carboxylic acids is 1. The highest BCUT2D eigenvalue weighted by atomic mass is 35.5. The van der Waals surface area contributed by atoms with Crippen molar-refractivity contribution in [2.45, 2.75) is 0 Å². The zero-order chi connectivity index (χ0) is 15.4. The molecule has 0 aliphatic carbocycles. The maximum absolute atomic E-state index is 12.5. The van der Waals surface area contributed by atoms with Crippen molar-refractivity contribution in [3.8, 4) is 5.75 Å². The van der Waals surface area contributed by atoms with Crippen LogP contribution in [0.2, 0.25) is 0 Å². The largest absolute Gasteiger partial charge is 0.497 e. The lowest BCUT2D eigenvalue weighted by molar-refractivity contribution is 0.0747. The average molecular weight is 333 g/mol. The Bertz CT molecular complexity index is 623. The molecule has 4 nitrogen and oxygen atoms in total. The topological polar surface area (TPSA) is 32.8 Å². The van der Waals surface area contributed by atoms with Crippen LogP contribution < -0.4 is 9.64 Å². The van der Waals surface area contributed by atoms with Crippen LogP contribution in [0.3, 0.4) is 0 Å². The lowest BCUT2D eigenvalue weighted by Gasteiger charge is -2.36. The number of piperazine rings is 1. The molecule has 1 heterocycles. The molecule has 0 aromatic heterocycles. The van der Waals surface area contributed by atoms with Gasteiger partial charge >= 0.3 is 0 Å². The van der Waals surface area contributed by atoms with Crippen LogP contribution in [0.25, 0.3) is 0 Å². The van der Waals surface area contributed by atoms with Crippen molar-refractivity contribution < 1.29 is 9.53 Å². The Kier molecular flexibility index (Phi) is 5.88. The van der Waals surface area contributed by atoms with Crippen molar-refractivity contribution >= 4 is 24.0 Å². The van der Waals surface area contributed by atoms with E-state index in [0.29, 0.717) is 5.56 Å². The van der Waals surface area contributed by atoms with Gasteiger partial charge in [0.15, 0.2) is 0 Å². The summed E-state index contributed by atoms with van der Waals surface area (Å²) < 4.78 is 5.13. The summed E-state index contributed by atoms with van der Waals surface area (Å²) in [7, 11) is 1.62. The summed E-state index contributed by atoms with van der Waals surface area (Å²) in [6.07, 6.45) is 0. The molecule has 0 spiro atoms. The molecule has 0 radical (unpaired) electrons. The van der Waals surface area contributed by atoms with Crippen molar-refractivity contribution in [2.75, 3.05) is 38.2 Å². The molecule has 122 valence electrons. The number of benzene rings is 2. The van der Waals surface area contributed by atoms with Crippen LogP contribution in [0.4, 0.5) is 5.69 Å². The Morgan fingerprint density at radius 2 is 1.52 bits per heavy atom. The number of halogens is 1. The molecule has 2 aromatic carbocycles. The summed E-state index contributed by atoms with van der Waals surface area (Å²) >= 11 is 0. The van der Waals surface area contributed by atoms with Crippen LogP contribution in [-0.4, -0.2) is 44.1 Å². The smallest absolute Gasteiger partial charge is 0.253 e. The van der Waals surface area contributed by atoms with Gasteiger partial charge in [0, 0.05) is 37.4 Å². The average Bonchev–Trinajstić information content (AvgIpc) is 2.62. The molecule has 5 heteroatoms. The lowest BCUT2D eigenvalue weighted by Crippen LogP contribution is -2.48. The normalized spacial score (nSPS) is 14.1. The quantitative estimate of drug-likeness (QED) is 0.866. The molecule has 0 N–H and O–H groups in total. The predicted octanol–water partition coefficient (Wildman–Crippen LogP) is 3.08. The number of anilines is 1. The maximum atomic E-state index is 12.5. The highest BCUT2D eigenvalue weighted by molar-refractivity contribution is 5.94. The molecule has 0 unspecified atom stereocenters. The third-order valence-electron chi connectivity index (χ3n) is 4.03. The van der Waals surface area contributed by atoms with E-state index in [4.69, 9.17) is 4.74 Å². The molecular formula is C18H21ClN2O2. The van der Waals surface area contributed by atoms with E-state index >= 15 is 0 Å². The zero-order valence-corrected chi connectivity index (χ0v) is 14.0. The van der Waals surface area contributed by atoms with Gasteiger partial charge in [-0.3, -0.25) is 4.79 Å². The Hall–Kier alpha value is -2.20. The van der Waals surface area contributed by atoms with Crippen LogP contribution >= 0.6 is 12.4 Å². The van der Waals surface area contributed by atoms with Crippen LogP contribution in [-0.2, 0) is 0 Å². The van der Waals surface area contributed by atoms with Crippen molar-refractivity contribution in [3.63, 3.8) is 0 Å². The van der Waals surface area contributed by atoms with E-state index in [-0.39, 0.29) is 18.3 Å². The zero-order valence-electron chi connectivity index (χ0n) is 13.1. The molecule has 2 aromatic rings. The molecule has 3 rings (SSSR count). The van der Waals surface area contributed by atoms with Crippen LogP contribution in [0.5, 0.6) is 5.75 Å². The molecular weight excluding hydrogens is 312 g/mol. The Morgan fingerprint density at radius 1 is 0.913 bits per heavy atom. The van der Waals surface area contributed by atoms with Crippen LogP contribution in [0, 0.1) is 0 Å². The standard InChI is InChI=1S/C18H20N2O2.ClH/c1-22-17-9-7-15(8-10-17)18(21)20-13-11-19(12-14-20)16-5-3-2-4-6-16;/h2-10H,11-14H2,1H3;1H. The van der Waals surface area contributed by atoms with Gasteiger partial charge in [0.25, 0.3) is 5.91 Å². The highest BCUT2D eigenvalue weighted by Gasteiger charge is 2.22. The number of hydrogen-bond donors (Lipinski definition) is 0. The second kappa shape index (κ2) is 7.88. The first kappa shape index (κ1) is 17.2. The summed E-state index contributed by atoms with van der Waals surface area (Å²) in [6, 6.07) is 17.6. The first-order valence-electron chi connectivity index (χ1n) is 7.51. The number of rotatable bonds is 3.